The Hall–Kier alpha value is -1.75. The molecule has 0 aliphatic carbocycles. The van der Waals surface area contributed by atoms with Crippen LogP contribution in [0, 0.1) is 0 Å². The van der Waals surface area contributed by atoms with E-state index in [1.807, 2.05) is 38.1 Å². The summed E-state index contributed by atoms with van der Waals surface area (Å²) >= 11 is 0. The molecule has 5 heteroatoms. The Morgan fingerprint density at radius 2 is 2.25 bits per heavy atom. The number of ether oxygens (including phenoxy) is 1. The number of carbonyl (C=O) groups is 1. The van der Waals surface area contributed by atoms with Crippen molar-refractivity contribution in [2.45, 2.75) is 38.9 Å². The van der Waals surface area contributed by atoms with E-state index in [-0.39, 0.29) is 18.1 Å². The SMILES string of the molecule is CC(C)N(Cc1ccccc1N)C(=O)NC1CCOC1. The number of hydrogen-bond acceptors (Lipinski definition) is 3. The average molecular weight is 277 g/mol. The van der Waals surface area contributed by atoms with Crippen molar-refractivity contribution in [1.82, 2.24) is 10.2 Å². The molecule has 0 bridgehead atoms. The molecule has 1 heterocycles. The van der Waals surface area contributed by atoms with Crippen LogP contribution in [0.4, 0.5) is 10.5 Å². The van der Waals surface area contributed by atoms with Crippen LogP contribution < -0.4 is 11.1 Å². The van der Waals surface area contributed by atoms with E-state index in [4.69, 9.17) is 10.5 Å². The minimum atomic E-state index is -0.0567. The lowest BCUT2D eigenvalue weighted by Gasteiger charge is -2.28. The minimum absolute atomic E-state index is 0.0567. The van der Waals surface area contributed by atoms with E-state index >= 15 is 0 Å². The van der Waals surface area contributed by atoms with Crippen LogP contribution in [-0.2, 0) is 11.3 Å². The summed E-state index contributed by atoms with van der Waals surface area (Å²) in [6.45, 7) is 5.85. The predicted octanol–water partition coefficient (Wildman–Crippen LogP) is 1.98. The third kappa shape index (κ3) is 3.63. The molecule has 1 saturated heterocycles. The van der Waals surface area contributed by atoms with Crippen molar-refractivity contribution < 1.29 is 9.53 Å². The average Bonchev–Trinajstić information content (AvgIpc) is 2.90. The fourth-order valence-corrected chi connectivity index (χ4v) is 2.26. The number of rotatable bonds is 4. The zero-order valence-corrected chi connectivity index (χ0v) is 12.1. The molecular weight excluding hydrogens is 254 g/mol. The molecule has 1 atom stereocenters. The third-order valence-electron chi connectivity index (χ3n) is 3.54. The Morgan fingerprint density at radius 3 is 2.85 bits per heavy atom. The maximum atomic E-state index is 12.4. The quantitative estimate of drug-likeness (QED) is 0.827. The van der Waals surface area contributed by atoms with E-state index in [0.717, 1.165) is 24.3 Å². The molecule has 0 saturated carbocycles. The molecule has 110 valence electrons. The van der Waals surface area contributed by atoms with Crippen molar-refractivity contribution in [2.24, 2.45) is 0 Å². The molecule has 1 aromatic carbocycles. The summed E-state index contributed by atoms with van der Waals surface area (Å²) < 4.78 is 5.28. The zero-order chi connectivity index (χ0) is 14.5. The molecule has 1 unspecified atom stereocenters. The highest BCUT2D eigenvalue weighted by Crippen LogP contribution is 2.16. The molecule has 2 amide bonds. The Bertz CT molecular complexity index is 456. The number of para-hydroxylation sites is 1. The van der Waals surface area contributed by atoms with Gasteiger partial charge in [0, 0.05) is 24.9 Å². The van der Waals surface area contributed by atoms with Gasteiger partial charge in [0.1, 0.15) is 0 Å². The molecule has 1 fully saturated rings. The third-order valence-corrected chi connectivity index (χ3v) is 3.54. The van der Waals surface area contributed by atoms with Crippen LogP contribution in [-0.4, -0.2) is 36.2 Å². The number of nitrogens with one attached hydrogen (secondary N) is 1. The number of anilines is 1. The smallest absolute Gasteiger partial charge is 0.318 e. The molecule has 5 nitrogen and oxygen atoms in total. The Morgan fingerprint density at radius 1 is 1.50 bits per heavy atom. The van der Waals surface area contributed by atoms with Crippen molar-refractivity contribution in [2.75, 3.05) is 18.9 Å². The van der Waals surface area contributed by atoms with Crippen LogP contribution in [0.2, 0.25) is 0 Å². The second kappa shape index (κ2) is 6.61. The first kappa shape index (κ1) is 14.7. The first-order valence-corrected chi connectivity index (χ1v) is 7.06. The van der Waals surface area contributed by atoms with Gasteiger partial charge in [-0.2, -0.15) is 0 Å². The molecule has 0 spiro atoms. The van der Waals surface area contributed by atoms with Crippen LogP contribution in [0.15, 0.2) is 24.3 Å². The first-order valence-electron chi connectivity index (χ1n) is 7.06. The van der Waals surface area contributed by atoms with Crippen LogP contribution in [0.3, 0.4) is 0 Å². The highest BCUT2D eigenvalue weighted by molar-refractivity contribution is 5.75. The molecule has 1 aliphatic heterocycles. The van der Waals surface area contributed by atoms with Crippen molar-refractivity contribution in [1.29, 1.82) is 0 Å². The van der Waals surface area contributed by atoms with Gasteiger partial charge in [0.25, 0.3) is 0 Å². The molecule has 20 heavy (non-hydrogen) atoms. The lowest BCUT2D eigenvalue weighted by Crippen LogP contribution is -2.47. The lowest BCUT2D eigenvalue weighted by atomic mass is 10.1. The van der Waals surface area contributed by atoms with Crippen LogP contribution in [0.5, 0.6) is 0 Å². The van der Waals surface area contributed by atoms with E-state index < -0.39 is 0 Å². The fourth-order valence-electron chi connectivity index (χ4n) is 2.26. The second-order valence-corrected chi connectivity index (χ2v) is 5.43. The van der Waals surface area contributed by atoms with Gasteiger partial charge >= 0.3 is 6.03 Å². The van der Waals surface area contributed by atoms with Crippen LogP contribution in [0.1, 0.15) is 25.8 Å². The van der Waals surface area contributed by atoms with Crippen LogP contribution in [0.25, 0.3) is 0 Å². The number of nitrogen functional groups attached to an aromatic ring is 1. The minimum Gasteiger partial charge on any atom is -0.398 e. The predicted molar refractivity (Wildman–Crippen MR) is 79.3 cm³/mol. The molecule has 0 aromatic heterocycles. The van der Waals surface area contributed by atoms with Gasteiger partial charge in [-0.1, -0.05) is 18.2 Å². The van der Waals surface area contributed by atoms with E-state index in [1.54, 1.807) is 4.90 Å². The lowest BCUT2D eigenvalue weighted by molar-refractivity contribution is 0.167. The highest BCUT2D eigenvalue weighted by atomic mass is 16.5. The topological polar surface area (TPSA) is 67.6 Å². The zero-order valence-electron chi connectivity index (χ0n) is 12.1. The van der Waals surface area contributed by atoms with Gasteiger partial charge < -0.3 is 20.7 Å². The van der Waals surface area contributed by atoms with Gasteiger partial charge in [0.05, 0.1) is 12.6 Å². The summed E-state index contributed by atoms with van der Waals surface area (Å²) in [6.07, 6.45) is 0.880. The van der Waals surface area contributed by atoms with E-state index in [1.165, 1.54) is 0 Å². The van der Waals surface area contributed by atoms with Crippen molar-refractivity contribution in [3.63, 3.8) is 0 Å². The maximum Gasteiger partial charge on any atom is 0.318 e. The largest absolute Gasteiger partial charge is 0.398 e. The summed E-state index contributed by atoms with van der Waals surface area (Å²) in [5.74, 6) is 0. The number of hydrogen-bond donors (Lipinski definition) is 2. The van der Waals surface area contributed by atoms with Crippen LogP contribution >= 0.6 is 0 Å². The monoisotopic (exact) mass is 277 g/mol. The molecule has 1 aromatic rings. The summed E-state index contributed by atoms with van der Waals surface area (Å²) in [5.41, 5.74) is 7.64. The van der Waals surface area contributed by atoms with E-state index in [0.29, 0.717) is 13.2 Å². The van der Waals surface area contributed by atoms with Gasteiger partial charge in [-0.3, -0.25) is 0 Å². The van der Waals surface area contributed by atoms with E-state index in [9.17, 15) is 4.79 Å². The molecule has 1 aliphatic rings. The Labute approximate surface area is 120 Å². The summed E-state index contributed by atoms with van der Waals surface area (Å²) in [4.78, 5) is 14.2. The normalized spacial score (nSPS) is 18.2. The number of benzene rings is 1. The number of nitrogens with zero attached hydrogens (tertiary/aromatic N) is 1. The first-order chi connectivity index (χ1) is 9.58. The summed E-state index contributed by atoms with van der Waals surface area (Å²) in [6, 6.07) is 7.82. The van der Waals surface area contributed by atoms with Gasteiger partial charge in [-0.15, -0.1) is 0 Å². The van der Waals surface area contributed by atoms with Gasteiger partial charge in [0.2, 0.25) is 0 Å². The maximum absolute atomic E-state index is 12.4. The van der Waals surface area contributed by atoms with Gasteiger partial charge in [-0.25, -0.2) is 4.79 Å². The molecular formula is C15H23N3O2. The van der Waals surface area contributed by atoms with Gasteiger partial charge in [-0.05, 0) is 31.9 Å². The van der Waals surface area contributed by atoms with E-state index in [2.05, 4.69) is 5.32 Å². The second-order valence-electron chi connectivity index (χ2n) is 5.43. The molecule has 0 radical (unpaired) electrons. The van der Waals surface area contributed by atoms with Crippen molar-refractivity contribution >= 4 is 11.7 Å². The van der Waals surface area contributed by atoms with Crippen molar-refractivity contribution in [3.05, 3.63) is 29.8 Å². The fraction of sp³-hybridized carbons (Fsp3) is 0.533. The number of nitrogens with two attached hydrogens (primary N) is 1. The number of amides is 2. The summed E-state index contributed by atoms with van der Waals surface area (Å²) in [5, 5.41) is 3.02. The molecule has 2 rings (SSSR count). The molecule has 3 N–H and O–H groups in total. The highest BCUT2D eigenvalue weighted by Gasteiger charge is 2.23. The Kier molecular flexibility index (Phi) is 4.84. The Balaban J connectivity index is 2.02. The standard InChI is InChI=1S/C15H23N3O2/c1-11(2)18(9-12-5-3-4-6-14(12)16)15(19)17-13-7-8-20-10-13/h3-6,11,13H,7-10,16H2,1-2H3,(H,17,19). The van der Waals surface area contributed by atoms with Crippen molar-refractivity contribution in [3.8, 4) is 0 Å². The summed E-state index contributed by atoms with van der Waals surface area (Å²) in [7, 11) is 0. The van der Waals surface area contributed by atoms with Gasteiger partial charge in [0.15, 0.2) is 0 Å². The number of urea groups is 1. The number of carbonyl (C=O) groups excluding carboxylic acids is 1.